The van der Waals surface area contributed by atoms with Gasteiger partial charge in [0.25, 0.3) is 5.69 Å². The number of rotatable bonds is 10. The Labute approximate surface area is 167 Å². The van der Waals surface area contributed by atoms with Crippen LogP contribution in [-0.2, 0) is 22.4 Å². The van der Waals surface area contributed by atoms with E-state index < -0.39 is 16.9 Å². The standard InChI is InChI=1S/C20H22N2O7/c1-28-17-5-3-4-14(20(17)29-2)11-18(23)21-15(12-19(24)25)10-13-6-8-16(9-7-13)22(26)27/h3-9,15H,10-12H2,1-2H3,(H,21,23)(H,24,25). The molecule has 1 unspecified atom stereocenters. The van der Waals surface area contributed by atoms with Crippen LogP contribution in [0.2, 0.25) is 0 Å². The summed E-state index contributed by atoms with van der Waals surface area (Å²) in [4.78, 5) is 33.9. The molecule has 2 aromatic carbocycles. The first-order valence-electron chi connectivity index (χ1n) is 8.78. The second-order valence-electron chi connectivity index (χ2n) is 6.32. The van der Waals surface area contributed by atoms with Crippen LogP contribution in [0.5, 0.6) is 11.5 Å². The predicted octanol–water partition coefficient (Wildman–Crippen LogP) is 2.36. The highest BCUT2D eigenvalue weighted by molar-refractivity contribution is 5.80. The van der Waals surface area contributed by atoms with Crippen molar-refractivity contribution in [2.24, 2.45) is 0 Å². The normalized spacial score (nSPS) is 11.4. The highest BCUT2D eigenvalue weighted by Gasteiger charge is 2.19. The van der Waals surface area contributed by atoms with E-state index in [1.165, 1.54) is 26.4 Å². The fourth-order valence-corrected chi connectivity index (χ4v) is 2.97. The van der Waals surface area contributed by atoms with Gasteiger partial charge in [-0.05, 0) is 18.1 Å². The number of para-hydroxylation sites is 1. The number of nitro benzene ring substituents is 1. The van der Waals surface area contributed by atoms with Gasteiger partial charge in [-0.25, -0.2) is 0 Å². The summed E-state index contributed by atoms with van der Waals surface area (Å²) in [6.45, 7) is 0. The van der Waals surface area contributed by atoms with Crippen LogP contribution in [0.1, 0.15) is 17.5 Å². The Kier molecular flexibility index (Phi) is 7.53. The summed E-state index contributed by atoms with van der Waals surface area (Å²) in [6, 6.07) is 10.3. The maximum absolute atomic E-state index is 12.5. The summed E-state index contributed by atoms with van der Waals surface area (Å²) >= 11 is 0. The largest absolute Gasteiger partial charge is 0.493 e. The Balaban J connectivity index is 2.10. The summed E-state index contributed by atoms with van der Waals surface area (Å²) in [5.74, 6) is -0.498. The van der Waals surface area contributed by atoms with Crippen molar-refractivity contribution in [3.63, 3.8) is 0 Å². The highest BCUT2D eigenvalue weighted by atomic mass is 16.6. The van der Waals surface area contributed by atoms with Crippen molar-refractivity contribution in [1.29, 1.82) is 0 Å². The number of nitrogens with one attached hydrogen (secondary N) is 1. The molecule has 0 aromatic heterocycles. The number of carboxylic acids is 1. The number of carboxylic acid groups (broad SMARTS) is 1. The fourth-order valence-electron chi connectivity index (χ4n) is 2.97. The lowest BCUT2D eigenvalue weighted by atomic mass is 10.0. The fraction of sp³-hybridized carbons (Fsp3) is 0.300. The molecule has 0 aliphatic heterocycles. The van der Waals surface area contributed by atoms with E-state index in [2.05, 4.69) is 5.32 Å². The van der Waals surface area contributed by atoms with E-state index in [4.69, 9.17) is 14.6 Å². The van der Waals surface area contributed by atoms with Gasteiger partial charge in [0.1, 0.15) is 0 Å². The molecular weight excluding hydrogens is 380 g/mol. The van der Waals surface area contributed by atoms with Crippen molar-refractivity contribution >= 4 is 17.6 Å². The Morgan fingerprint density at radius 1 is 1.14 bits per heavy atom. The Bertz CT molecular complexity index is 881. The maximum Gasteiger partial charge on any atom is 0.305 e. The first kappa shape index (κ1) is 21.7. The zero-order valence-corrected chi connectivity index (χ0v) is 16.1. The predicted molar refractivity (Wildman–Crippen MR) is 104 cm³/mol. The lowest BCUT2D eigenvalue weighted by Crippen LogP contribution is -2.39. The van der Waals surface area contributed by atoms with Crippen LogP contribution >= 0.6 is 0 Å². The molecular formula is C20H22N2O7. The molecule has 1 atom stereocenters. The van der Waals surface area contributed by atoms with Crippen molar-refractivity contribution in [3.8, 4) is 11.5 Å². The molecule has 0 bridgehead atoms. The zero-order valence-electron chi connectivity index (χ0n) is 16.1. The molecule has 2 N–H and O–H groups in total. The van der Waals surface area contributed by atoms with Crippen molar-refractivity contribution in [2.45, 2.75) is 25.3 Å². The quantitative estimate of drug-likeness (QED) is 0.461. The van der Waals surface area contributed by atoms with Gasteiger partial charge in [-0.2, -0.15) is 0 Å². The number of amides is 1. The van der Waals surface area contributed by atoms with E-state index in [0.717, 1.165) is 0 Å². The van der Waals surface area contributed by atoms with Crippen LogP contribution in [0.25, 0.3) is 0 Å². The molecule has 0 saturated heterocycles. The Morgan fingerprint density at radius 2 is 1.83 bits per heavy atom. The average Bonchev–Trinajstić information content (AvgIpc) is 2.67. The summed E-state index contributed by atoms with van der Waals surface area (Å²) in [5.41, 5.74) is 1.23. The minimum atomic E-state index is -1.06. The van der Waals surface area contributed by atoms with Gasteiger partial charge in [-0.1, -0.05) is 24.3 Å². The third kappa shape index (κ3) is 6.20. The van der Waals surface area contributed by atoms with E-state index in [1.807, 2.05) is 0 Å². The van der Waals surface area contributed by atoms with Crippen molar-refractivity contribution < 1.29 is 29.1 Å². The topological polar surface area (TPSA) is 128 Å². The number of hydrogen-bond donors (Lipinski definition) is 2. The maximum atomic E-state index is 12.5. The van der Waals surface area contributed by atoms with E-state index in [0.29, 0.717) is 22.6 Å². The summed E-state index contributed by atoms with van der Waals surface area (Å²) in [6.07, 6.45) is -0.0694. The van der Waals surface area contributed by atoms with Crippen molar-refractivity contribution in [1.82, 2.24) is 5.32 Å². The molecule has 0 saturated carbocycles. The van der Waals surface area contributed by atoms with Gasteiger partial charge in [-0.3, -0.25) is 19.7 Å². The summed E-state index contributed by atoms with van der Waals surface area (Å²) in [7, 11) is 2.97. The lowest BCUT2D eigenvalue weighted by molar-refractivity contribution is -0.384. The number of methoxy groups -OCH3 is 2. The molecule has 2 aromatic rings. The number of ether oxygens (including phenoxy) is 2. The van der Waals surface area contributed by atoms with Crippen LogP contribution in [0, 0.1) is 10.1 Å². The van der Waals surface area contributed by atoms with Gasteiger partial charge in [0.2, 0.25) is 5.91 Å². The zero-order chi connectivity index (χ0) is 21.4. The van der Waals surface area contributed by atoms with Crippen LogP contribution in [0.4, 0.5) is 5.69 Å². The van der Waals surface area contributed by atoms with Crippen molar-refractivity contribution in [2.75, 3.05) is 14.2 Å². The van der Waals surface area contributed by atoms with Gasteiger partial charge in [0.05, 0.1) is 32.0 Å². The molecule has 0 fully saturated rings. The van der Waals surface area contributed by atoms with Gasteiger partial charge in [0, 0.05) is 23.7 Å². The van der Waals surface area contributed by atoms with Crippen LogP contribution in [0.3, 0.4) is 0 Å². The average molecular weight is 402 g/mol. The first-order chi connectivity index (χ1) is 13.8. The minimum absolute atomic E-state index is 0.0171. The molecule has 1 amide bonds. The number of carbonyl (C=O) groups is 2. The molecule has 154 valence electrons. The van der Waals surface area contributed by atoms with Gasteiger partial charge >= 0.3 is 5.97 Å². The molecule has 0 aliphatic carbocycles. The molecule has 0 spiro atoms. The number of nitro groups is 1. The second-order valence-corrected chi connectivity index (χ2v) is 6.32. The van der Waals surface area contributed by atoms with Gasteiger partial charge < -0.3 is 19.9 Å². The monoisotopic (exact) mass is 402 g/mol. The molecule has 9 heteroatoms. The van der Waals surface area contributed by atoms with Crippen LogP contribution in [-0.4, -0.2) is 42.2 Å². The summed E-state index contributed by atoms with van der Waals surface area (Å²) < 4.78 is 10.5. The minimum Gasteiger partial charge on any atom is -0.493 e. The van der Waals surface area contributed by atoms with Crippen LogP contribution in [0.15, 0.2) is 42.5 Å². The molecule has 29 heavy (non-hydrogen) atoms. The molecule has 9 nitrogen and oxygen atoms in total. The molecule has 0 radical (unpaired) electrons. The van der Waals surface area contributed by atoms with Gasteiger partial charge in [0.15, 0.2) is 11.5 Å². The lowest BCUT2D eigenvalue weighted by Gasteiger charge is -2.18. The number of aliphatic carboxylic acids is 1. The van der Waals surface area contributed by atoms with E-state index in [1.54, 1.807) is 30.3 Å². The van der Waals surface area contributed by atoms with Crippen molar-refractivity contribution in [3.05, 3.63) is 63.7 Å². The number of nitrogens with zero attached hydrogens (tertiary/aromatic N) is 1. The number of benzene rings is 2. The smallest absolute Gasteiger partial charge is 0.305 e. The Hall–Kier alpha value is -3.62. The third-order valence-electron chi connectivity index (χ3n) is 4.25. The van der Waals surface area contributed by atoms with Crippen LogP contribution < -0.4 is 14.8 Å². The summed E-state index contributed by atoms with van der Waals surface area (Å²) in [5, 5.41) is 22.6. The second kappa shape index (κ2) is 10.1. The molecule has 2 rings (SSSR count). The van der Waals surface area contributed by atoms with E-state index in [9.17, 15) is 19.7 Å². The van der Waals surface area contributed by atoms with E-state index >= 15 is 0 Å². The molecule has 0 heterocycles. The first-order valence-corrected chi connectivity index (χ1v) is 8.78. The third-order valence-corrected chi connectivity index (χ3v) is 4.25. The van der Waals surface area contributed by atoms with Gasteiger partial charge in [-0.15, -0.1) is 0 Å². The number of carbonyl (C=O) groups excluding carboxylic acids is 1. The number of non-ortho nitro benzene ring substituents is 1. The highest BCUT2D eigenvalue weighted by Crippen LogP contribution is 2.30. The Morgan fingerprint density at radius 3 is 2.38 bits per heavy atom. The SMILES string of the molecule is COc1cccc(CC(=O)NC(CC(=O)O)Cc2ccc([N+](=O)[O-])cc2)c1OC. The van der Waals surface area contributed by atoms with E-state index in [-0.39, 0.29) is 30.9 Å². The molecule has 0 aliphatic rings. The number of hydrogen-bond acceptors (Lipinski definition) is 6.